The lowest BCUT2D eigenvalue weighted by Crippen LogP contribution is -2.33. The summed E-state index contributed by atoms with van der Waals surface area (Å²) in [5.74, 6) is 0. The lowest BCUT2D eigenvalue weighted by atomic mass is 10.2. The zero-order chi connectivity index (χ0) is 15.9. The lowest BCUT2D eigenvalue weighted by Gasteiger charge is -2.14. The molecule has 0 saturated carbocycles. The number of methoxy groups -OCH3 is 1. The van der Waals surface area contributed by atoms with E-state index in [4.69, 9.17) is 16.3 Å². The third-order valence-electron chi connectivity index (χ3n) is 3.01. The van der Waals surface area contributed by atoms with Crippen molar-refractivity contribution in [2.45, 2.75) is 37.8 Å². The predicted molar refractivity (Wildman–Crippen MR) is 85.1 cm³/mol. The Hall–Kier alpha value is -0.660. The van der Waals surface area contributed by atoms with E-state index in [1.807, 2.05) is 6.92 Å². The zero-order valence-corrected chi connectivity index (χ0v) is 14.2. The molecule has 1 atom stereocenters. The van der Waals surface area contributed by atoms with Crippen molar-refractivity contribution in [3.63, 3.8) is 0 Å². The van der Waals surface area contributed by atoms with E-state index in [-0.39, 0.29) is 10.9 Å². The normalized spacial score (nSPS) is 13.3. The fourth-order valence-corrected chi connectivity index (χ4v) is 3.40. The van der Waals surface area contributed by atoms with E-state index in [0.717, 1.165) is 12.1 Å². The molecule has 0 aliphatic heterocycles. The molecule has 0 radical (unpaired) electrons. The van der Waals surface area contributed by atoms with Gasteiger partial charge in [0.05, 0.1) is 4.90 Å². The molecule has 0 fully saturated rings. The molecular formula is C14H23ClN2O3S. The van der Waals surface area contributed by atoms with Crippen LogP contribution in [0, 0.1) is 0 Å². The van der Waals surface area contributed by atoms with Crippen LogP contribution in [0.15, 0.2) is 23.1 Å². The van der Waals surface area contributed by atoms with Crippen molar-refractivity contribution in [1.82, 2.24) is 10.0 Å². The fraction of sp³-hybridized carbons (Fsp3) is 0.571. The number of sulfonamides is 1. The number of benzene rings is 1. The van der Waals surface area contributed by atoms with E-state index >= 15 is 0 Å². The van der Waals surface area contributed by atoms with Crippen LogP contribution >= 0.6 is 11.6 Å². The van der Waals surface area contributed by atoms with Crippen molar-refractivity contribution >= 4 is 21.6 Å². The summed E-state index contributed by atoms with van der Waals surface area (Å²) >= 11 is 6.14. The van der Waals surface area contributed by atoms with Crippen molar-refractivity contribution < 1.29 is 13.2 Å². The Kier molecular flexibility index (Phi) is 7.62. The molecule has 0 aliphatic rings. The summed E-state index contributed by atoms with van der Waals surface area (Å²) in [6, 6.07) is 4.60. The van der Waals surface area contributed by atoms with Crippen LogP contribution in [-0.2, 0) is 21.3 Å². The number of halogens is 1. The van der Waals surface area contributed by atoms with Crippen LogP contribution in [0.2, 0.25) is 5.02 Å². The Labute approximate surface area is 132 Å². The maximum absolute atomic E-state index is 12.3. The van der Waals surface area contributed by atoms with Crippen LogP contribution in [0.3, 0.4) is 0 Å². The van der Waals surface area contributed by atoms with E-state index in [2.05, 4.69) is 10.0 Å². The Morgan fingerprint density at radius 3 is 2.67 bits per heavy atom. The second kappa shape index (κ2) is 8.70. The quantitative estimate of drug-likeness (QED) is 0.726. The molecule has 0 saturated heterocycles. The van der Waals surface area contributed by atoms with Gasteiger partial charge in [0.1, 0.15) is 0 Å². The monoisotopic (exact) mass is 334 g/mol. The summed E-state index contributed by atoms with van der Waals surface area (Å²) < 4.78 is 32.1. The Balaban J connectivity index is 2.81. The molecule has 7 heteroatoms. The number of hydrogen-bond acceptors (Lipinski definition) is 4. The van der Waals surface area contributed by atoms with Gasteiger partial charge in [-0.1, -0.05) is 24.6 Å². The predicted octanol–water partition coefficient (Wildman–Crippen LogP) is 2.15. The standard InChI is InChI=1S/C14H23ClN2O3S/c1-4-16-10-12-5-6-13(9-14(12)15)21(18,19)17-11(2)7-8-20-3/h5-6,9,11,16-17H,4,7-8,10H2,1-3H3. The van der Waals surface area contributed by atoms with Crippen molar-refractivity contribution in [3.05, 3.63) is 28.8 Å². The summed E-state index contributed by atoms with van der Waals surface area (Å²) in [7, 11) is -1.97. The molecule has 2 N–H and O–H groups in total. The van der Waals surface area contributed by atoms with Crippen LogP contribution in [0.5, 0.6) is 0 Å². The van der Waals surface area contributed by atoms with Crippen LogP contribution in [0.4, 0.5) is 0 Å². The molecule has 0 heterocycles. The van der Waals surface area contributed by atoms with E-state index in [1.165, 1.54) is 6.07 Å². The van der Waals surface area contributed by atoms with Gasteiger partial charge in [-0.25, -0.2) is 13.1 Å². The SMILES string of the molecule is CCNCc1ccc(S(=O)(=O)NC(C)CCOC)cc1Cl. The smallest absolute Gasteiger partial charge is 0.240 e. The Bertz CT molecular complexity index is 549. The van der Waals surface area contributed by atoms with Gasteiger partial charge in [-0.05, 0) is 37.6 Å². The average Bonchev–Trinajstić information content (AvgIpc) is 2.43. The summed E-state index contributed by atoms with van der Waals surface area (Å²) in [5.41, 5.74) is 0.880. The number of nitrogens with one attached hydrogen (secondary N) is 2. The Morgan fingerprint density at radius 2 is 2.10 bits per heavy atom. The summed E-state index contributed by atoms with van der Waals surface area (Å²) in [5, 5.41) is 3.60. The van der Waals surface area contributed by atoms with Gasteiger partial charge in [-0.3, -0.25) is 0 Å². The molecule has 5 nitrogen and oxygen atoms in total. The minimum Gasteiger partial charge on any atom is -0.385 e. The van der Waals surface area contributed by atoms with E-state index in [0.29, 0.717) is 24.6 Å². The molecule has 0 bridgehead atoms. The number of ether oxygens (including phenoxy) is 1. The third-order valence-corrected chi connectivity index (χ3v) is 4.95. The van der Waals surface area contributed by atoms with Gasteiger partial charge in [-0.15, -0.1) is 0 Å². The largest absolute Gasteiger partial charge is 0.385 e. The van der Waals surface area contributed by atoms with Gasteiger partial charge >= 0.3 is 0 Å². The number of hydrogen-bond donors (Lipinski definition) is 2. The first-order chi connectivity index (χ1) is 9.90. The van der Waals surface area contributed by atoms with Crippen LogP contribution in [0.1, 0.15) is 25.8 Å². The maximum atomic E-state index is 12.3. The topological polar surface area (TPSA) is 67.4 Å². The molecular weight excluding hydrogens is 312 g/mol. The highest BCUT2D eigenvalue weighted by molar-refractivity contribution is 7.89. The molecule has 1 unspecified atom stereocenters. The van der Waals surface area contributed by atoms with Gasteiger partial charge in [-0.2, -0.15) is 0 Å². The van der Waals surface area contributed by atoms with Gasteiger partial charge in [0.2, 0.25) is 10.0 Å². The second-order valence-corrected chi connectivity index (χ2v) is 6.96. The zero-order valence-electron chi connectivity index (χ0n) is 12.6. The highest BCUT2D eigenvalue weighted by Crippen LogP contribution is 2.21. The lowest BCUT2D eigenvalue weighted by molar-refractivity contribution is 0.188. The molecule has 1 aromatic carbocycles. The van der Waals surface area contributed by atoms with Crippen LogP contribution in [0.25, 0.3) is 0 Å². The first-order valence-corrected chi connectivity index (χ1v) is 8.77. The average molecular weight is 335 g/mol. The van der Waals surface area contributed by atoms with Gasteiger partial charge in [0.15, 0.2) is 0 Å². The summed E-state index contributed by atoms with van der Waals surface area (Å²) in [4.78, 5) is 0.178. The highest BCUT2D eigenvalue weighted by Gasteiger charge is 2.18. The molecule has 120 valence electrons. The summed E-state index contributed by atoms with van der Waals surface area (Å²) in [6.07, 6.45) is 0.613. The first kappa shape index (κ1) is 18.4. The van der Waals surface area contributed by atoms with Gasteiger partial charge in [0.25, 0.3) is 0 Å². The van der Waals surface area contributed by atoms with Crippen LogP contribution in [-0.4, -0.2) is 34.7 Å². The first-order valence-electron chi connectivity index (χ1n) is 6.91. The molecule has 0 spiro atoms. The van der Waals surface area contributed by atoms with Crippen molar-refractivity contribution in [1.29, 1.82) is 0 Å². The molecule has 1 rings (SSSR count). The van der Waals surface area contributed by atoms with Crippen LogP contribution < -0.4 is 10.0 Å². The minimum absolute atomic E-state index is 0.178. The van der Waals surface area contributed by atoms with Crippen molar-refractivity contribution in [2.24, 2.45) is 0 Å². The molecule has 21 heavy (non-hydrogen) atoms. The highest BCUT2D eigenvalue weighted by atomic mass is 35.5. The van der Waals surface area contributed by atoms with Gasteiger partial charge in [0, 0.05) is 31.3 Å². The maximum Gasteiger partial charge on any atom is 0.240 e. The van der Waals surface area contributed by atoms with Crippen molar-refractivity contribution in [3.8, 4) is 0 Å². The Morgan fingerprint density at radius 1 is 1.38 bits per heavy atom. The molecule has 0 aliphatic carbocycles. The second-order valence-electron chi connectivity index (χ2n) is 4.84. The van der Waals surface area contributed by atoms with E-state index in [1.54, 1.807) is 26.2 Å². The molecule has 0 amide bonds. The minimum atomic E-state index is -3.56. The van der Waals surface area contributed by atoms with E-state index in [9.17, 15) is 8.42 Å². The fourth-order valence-electron chi connectivity index (χ4n) is 1.78. The van der Waals surface area contributed by atoms with E-state index < -0.39 is 10.0 Å². The third kappa shape index (κ3) is 5.92. The number of rotatable bonds is 9. The summed E-state index contributed by atoms with van der Waals surface area (Å²) in [6.45, 7) is 5.75. The molecule has 1 aromatic rings. The van der Waals surface area contributed by atoms with Crippen molar-refractivity contribution in [2.75, 3.05) is 20.3 Å². The van der Waals surface area contributed by atoms with Gasteiger partial charge < -0.3 is 10.1 Å². The molecule has 0 aromatic heterocycles.